The van der Waals surface area contributed by atoms with Crippen molar-refractivity contribution in [1.29, 1.82) is 0 Å². The molecule has 0 spiro atoms. The molecule has 1 aromatic carbocycles. The highest BCUT2D eigenvalue weighted by Gasteiger charge is 2.19. The highest BCUT2D eigenvalue weighted by atomic mass is 16.5. The van der Waals surface area contributed by atoms with Crippen LogP contribution in [0.5, 0.6) is 0 Å². The molecule has 0 amide bonds. The molecule has 90 valence electrons. The van der Waals surface area contributed by atoms with E-state index in [0.29, 0.717) is 5.56 Å². The molecule has 5 heteroatoms. The van der Waals surface area contributed by atoms with Crippen LogP contribution in [0.2, 0.25) is 0 Å². The Hall–Kier alpha value is -2.17. The third-order valence-corrected chi connectivity index (χ3v) is 2.24. The third kappa shape index (κ3) is 2.69. The number of ketones is 1. The molecule has 5 nitrogen and oxygen atoms in total. The average molecular weight is 236 g/mol. The molecule has 0 aromatic heterocycles. The summed E-state index contributed by atoms with van der Waals surface area (Å²) in [6.45, 7) is 1.37. The van der Waals surface area contributed by atoms with E-state index in [0.717, 1.165) is 0 Å². The maximum Gasteiger partial charge on any atom is 0.338 e. The summed E-state index contributed by atoms with van der Waals surface area (Å²) in [7, 11) is 2.41. The number of esters is 2. The second kappa shape index (κ2) is 5.25. The van der Waals surface area contributed by atoms with E-state index in [4.69, 9.17) is 0 Å². The predicted octanol–water partition coefficient (Wildman–Crippen LogP) is 1.46. The largest absolute Gasteiger partial charge is 0.465 e. The van der Waals surface area contributed by atoms with Crippen molar-refractivity contribution in [1.82, 2.24) is 0 Å². The van der Waals surface area contributed by atoms with Gasteiger partial charge < -0.3 is 9.47 Å². The van der Waals surface area contributed by atoms with Crippen LogP contribution in [0.25, 0.3) is 0 Å². The maximum atomic E-state index is 11.5. The first kappa shape index (κ1) is 12.9. The van der Waals surface area contributed by atoms with E-state index in [9.17, 15) is 14.4 Å². The van der Waals surface area contributed by atoms with Crippen LogP contribution in [0.3, 0.4) is 0 Å². The minimum atomic E-state index is -0.687. The van der Waals surface area contributed by atoms with Crippen LogP contribution in [-0.4, -0.2) is 31.9 Å². The van der Waals surface area contributed by atoms with E-state index in [2.05, 4.69) is 9.47 Å². The molecule has 1 rings (SSSR count). The zero-order chi connectivity index (χ0) is 13.0. The highest BCUT2D eigenvalue weighted by molar-refractivity contribution is 6.05. The van der Waals surface area contributed by atoms with Gasteiger partial charge in [0.15, 0.2) is 5.78 Å². The van der Waals surface area contributed by atoms with Gasteiger partial charge in [-0.05, 0) is 19.1 Å². The number of benzene rings is 1. The number of Topliss-reactive ketones (excluding diaryl/α,β-unsaturated/α-hetero) is 1. The fraction of sp³-hybridized carbons (Fsp3) is 0.250. The quantitative estimate of drug-likeness (QED) is 0.587. The van der Waals surface area contributed by atoms with Crippen LogP contribution in [0.1, 0.15) is 38.0 Å². The van der Waals surface area contributed by atoms with E-state index < -0.39 is 11.9 Å². The Kier molecular flexibility index (Phi) is 3.98. The molecule has 17 heavy (non-hydrogen) atoms. The van der Waals surface area contributed by atoms with Gasteiger partial charge in [0.1, 0.15) is 0 Å². The monoisotopic (exact) mass is 236 g/mol. The van der Waals surface area contributed by atoms with Crippen LogP contribution in [0, 0.1) is 0 Å². The minimum Gasteiger partial charge on any atom is -0.465 e. The molecule has 0 N–H and O–H groups in total. The zero-order valence-electron chi connectivity index (χ0n) is 9.77. The Morgan fingerprint density at radius 3 is 1.94 bits per heavy atom. The number of carbonyl (C=O) groups is 3. The Bertz CT molecular complexity index is 476. The first-order valence-electron chi connectivity index (χ1n) is 4.83. The molecule has 0 saturated carbocycles. The second-order valence-corrected chi connectivity index (χ2v) is 3.30. The van der Waals surface area contributed by atoms with Gasteiger partial charge in [-0.2, -0.15) is 0 Å². The Morgan fingerprint density at radius 1 is 0.941 bits per heavy atom. The summed E-state index contributed by atoms with van der Waals surface area (Å²) >= 11 is 0. The summed E-state index contributed by atoms with van der Waals surface area (Å²) in [6.07, 6.45) is 0. The van der Waals surface area contributed by atoms with Gasteiger partial charge in [0.05, 0.1) is 25.3 Å². The summed E-state index contributed by atoms with van der Waals surface area (Å²) in [5.74, 6) is -1.54. The van der Waals surface area contributed by atoms with Crippen molar-refractivity contribution in [2.75, 3.05) is 14.2 Å². The molecule has 0 aliphatic carbocycles. The first-order valence-corrected chi connectivity index (χ1v) is 4.83. The van der Waals surface area contributed by atoms with Gasteiger partial charge in [0, 0.05) is 5.56 Å². The fourth-order valence-electron chi connectivity index (χ4n) is 1.33. The summed E-state index contributed by atoms with van der Waals surface area (Å²) in [4.78, 5) is 34.1. The lowest BCUT2D eigenvalue weighted by Gasteiger charge is -2.07. The molecular formula is C12H12O5. The first-order chi connectivity index (χ1) is 8.01. The van der Waals surface area contributed by atoms with Crippen molar-refractivity contribution in [2.45, 2.75) is 6.92 Å². The molecule has 0 radical (unpaired) electrons. The molecule has 0 unspecified atom stereocenters. The number of hydrogen-bond acceptors (Lipinski definition) is 5. The van der Waals surface area contributed by atoms with Gasteiger partial charge in [-0.15, -0.1) is 0 Å². The van der Waals surface area contributed by atoms with Crippen LogP contribution in [0.15, 0.2) is 18.2 Å². The van der Waals surface area contributed by atoms with E-state index in [1.54, 1.807) is 0 Å². The van der Waals surface area contributed by atoms with Crippen molar-refractivity contribution in [3.63, 3.8) is 0 Å². The highest BCUT2D eigenvalue weighted by Crippen LogP contribution is 2.15. The standard InChI is InChI=1S/C12H12O5/c1-7(13)8-4-5-9(11(14)16-2)10(6-8)12(15)17-3/h4-6H,1-3H3. The lowest BCUT2D eigenvalue weighted by molar-refractivity contribution is 0.0555. The maximum absolute atomic E-state index is 11.5. The van der Waals surface area contributed by atoms with Gasteiger partial charge in [-0.1, -0.05) is 6.07 Å². The van der Waals surface area contributed by atoms with Gasteiger partial charge in [-0.25, -0.2) is 9.59 Å². The molecular weight excluding hydrogens is 224 g/mol. The molecule has 0 bridgehead atoms. The third-order valence-electron chi connectivity index (χ3n) is 2.24. The smallest absolute Gasteiger partial charge is 0.338 e. The van der Waals surface area contributed by atoms with Crippen molar-refractivity contribution >= 4 is 17.7 Å². The molecule has 0 aliphatic rings. The molecule has 0 fully saturated rings. The molecule has 0 aliphatic heterocycles. The lowest BCUT2D eigenvalue weighted by Crippen LogP contribution is -2.13. The molecule has 1 aromatic rings. The molecule has 0 heterocycles. The number of methoxy groups -OCH3 is 2. The topological polar surface area (TPSA) is 69.7 Å². The summed E-state index contributed by atoms with van der Waals surface area (Å²) in [6, 6.07) is 4.15. The summed E-state index contributed by atoms with van der Waals surface area (Å²) in [5.41, 5.74) is 0.425. The zero-order valence-corrected chi connectivity index (χ0v) is 9.77. The van der Waals surface area contributed by atoms with Gasteiger partial charge in [-0.3, -0.25) is 4.79 Å². The van der Waals surface area contributed by atoms with Crippen molar-refractivity contribution in [2.24, 2.45) is 0 Å². The van der Waals surface area contributed by atoms with Crippen molar-refractivity contribution < 1.29 is 23.9 Å². The van der Waals surface area contributed by atoms with Crippen LogP contribution >= 0.6 is 0 Å². The van der Waals surface area contributed by atoms with E-state index in [1.807, 2.05) is 0 Å². The number of carbonyl (C=O) groups excluding carboxylic acids is 3. The second-order valence-electron chi connectivity index (χ2n) is 3.30. The van der Waals surface area contributed by atoms with Gasteiger partial charge in [0.2, 0.25) is 0 Å². The van der Waals surface area contributed by atoms with Gasteiger partial charge in [0.25, 0.3) is 0 Å². The normalized spacial score (nSPS) is 9.59. The Morgan fingerprint density at radius 2 is 1.47 bits per heavy atom. The molecule has 0 saturated heterocycles. The Labute approximate surface area is 98.3 Å². The lowest BCUT2D eigenvalue weighted by atomic mass is 10.0. The summed E-state index contributed by atoms with van der Waals surface area (Å²) in [5, 5.41) is 0. The predicted molar refractivity (Wildman–Crippen MR) is 59.1 cm³/mol. The number of hydrogen-bond donors (Lipinski definition) is 0. The molecule has 0 atom stereocenters. The Balaban J connectivity index is 3.36. The summed E-state index contributed by atoms with van der Waals surface area (Å²) < 4.78 is 9.09. The fourth-order valence-corrected chi connectivity index (χ4v) is 1.33. The van der Waals surface area contributed by atoms with Crippen molar-refractivity contribution in [3.05, 3.63) is 34.9 Å². The van der Waals surface area contributed by atoms with Crippen LogP contribution < -0.4 is 0 Å². The minimum absolute atomic E-state index is 0.0204. The van der Waals surface area contributed by atoms with E-state index in [1.165, 1.54) is 39.3 Å². The van der Waals surface area contributed by atoms with Crippen molar-refractivity contribution in [3.8, 4) is 0 Å². The van der Waals surface area contributed by atoms with Gasteiger partial charge >= 0.3 is 11.9 Å². The van der Waals surface area contributed by atoms with E-state index >= 15 is 0 Å². The van der Waals surface area contributed by atoms with Crippen LogP contribution in [0.4, 0.5) is 0 Å². The van der Waals surface area contributed by atoms with E-state index in [-0.39, 0.29) is 16.9 Å². The number of rotatable bonds is 3. The SMILES string of the molecule is COC(=O)c1ccc(C(C)=O)cc1C(=O)OC. The average Bonchev–Trinajstić information content (AvgIpc) is 2.35. The number of ether oxygens (including phenoxy) is 2. The van der Waals surface area contributed by atoms with Crippen LogP contribution in [-0.2, 0) is 9.47 Å².